The Morgan fingerprint density at radius 1 is 1.54 bits per heavy atom. The van der Waals surface area contributed by atoms with Crippen molar-refractivity contribution < 1.29 is 4.74 Å². The van der Waals surface area contributed by atoms with Crippen molar-refractivity contribution in [1.82, 2.24) is 5.32 Å². The lowest BCUT2D eigenvalue weighted by Gasteiger charge is -2.23. The molecule has 0 aliphatic carbocycles. The summed E-state index contributed by atoms with van der Waals surface area (Å²) in [5.74, 6) is 3.95. The molecule has 0 aromatic rings. The number of rotatable bonds is 5. The molecule has 0 aromatic heterocycles. The van der Waals surface area contributed by atoms with Crippen molar-refractivity contribution in [2.24, 2.45) is 0 Å². The normalized spacial score (nSPS) is 25.8. The van der Waals surface area contributed by atoms with E-state index in [1.54, 1.807) is 7.11 Å². The molecule has 1 aliphatic heterocycles. The van der Waals surface area contributed by atoms with Gasteiger partial charge in [-0.15, -0.1) is 0 Å². The summed E-state index contributed by atoms with van der Waals surface area (Å²) in [7, 11) is 1.75. The van der Waals surface area contributed by atoms with Crippen LogP contribution in [0.2, 0.25) is 0 Å². The summed E-state index contributed by atoms with van der Waals surface area (Å²) < 4.78 is 5.07. The minimum absolute atomic E-state index is 0.484. The lowest BCUT2D eigenvalue weighted by Crippen LogP contribution is -2.37. The van der Waals surface area contributed by atoms with Gasteiger partial charge >= 0.3 is 0 Å². The third-order valence-electron chi connectivity index (χ3n) is 2.00. The molecule has 1 aliphatic rings. The molecule has 0 aromatic carbocycles. The largest absolute Gasteiger partial charge is 0.383 e. The molecule has 2 unspecified atom stereocenters. The summed E-state index contributed by atoms with van der Waals surface area (Å²) in [5, 5.41) is 4.30. The minimum Gasteiger partial charge on any atom is -0.383 e. The van der Waals surface area contributed by atoms with Crippen molar-refractivity contribution in [3.05, 3.63) is 0 Å². The first kappa shape index (κ1) is 11.7. The van der Waals surface area contributed by atoms with Gasteiger partial charge in [-0.05, 0) is 6.92 Å². The molecule has 0 amide bonds. The molecule has 0 spiro atoms. The Hall–Kier alpha value is 0.620. The van der Waals surface area contributed by atoms with Crippen LogP contribution < -0.4 is 5.32 Å². The van der Waals surface area contributed by atoms with Crippen LogP contribution in [0.25, 0.3) is 0 Å². The van der Waals surface area contributed by atoms with Gasteiger partial charge in [0, 0.05) is 42.2 Å². The van der Waals surface area contributed by atoms with Crippen LogP contribution in [0, 0.1) is 0 Å². The van der Waals surface area contributed by atoms with Gasteiger partial charge in [0.15, 0.2) is 0 Å². The molecule has 1 fully saturated rings. The van der Waals surface area contributed by atoms with Gasteiger partial charge in [0.05, 0.1) is 6.61 Å². The van der Waals surface area contributed by atoms with Crippen LogP contribution in [0.15, 0.2) is 0 Å². The smallest absolute Gasteiger partial charge is 0.0613 e. The molecule has 2 nitrogen and oxygen atoms in total. The molecule has 2 atom stereocenters. The van der Waals surface area contributed by atoms with Gasteiger partial charge < -0.3 is 10.1 Å². The predicted octanol–water partition coefficient (Wildman–Crippen LogP) is 1.46. The van der Waals surface area contributed by atoms with Gasteiger partial charge in [-0.25, -0.2) is 0 Å². The molecule has 1 heterocycles. The maximum atomic E-state index is 5.07. The average Bonchev–Trinajstić information content (AvgIpc) is 2.17. The summed E-state index contributed by atoms with van der Waals surface area (Å²) in [6.45, 7) is 4.11. The first-order valence-electron chi connectivity index (χ1n) is 4.74. The molecule has 78 valence electrons. The molecule has 0 radical (unpaired) electrons. The lowest BCUT2D eigenvalue weighted by atomic mass is 10.3. The number of hydrogen-bond acceptors (Lipinski definition) is 4. The van der Waals surface area contributed by atoms with E-state index in [2.05, 4.69) is 35.8 Å². The zero-order valence-corrected chi connectivity index (χ0v) is 10.0. The Balaban J connectivity index is 2.03. The third kappa shape index (κ3) is 5.15. The number of hydrogen-bond donors (Lipinski definition) is 1. The number of nitrogens with one attached hydrogen (secondary N) is 1. The zero-order chi connectivity index (χ0) is 9.52. The van der Waals surface area contributed by atoms with Crippen LogP contribution in [0.4, 0.5) is 0 Å². The van der Waals surface area contributed by atoms with Gasteiger partial charge in [-0.3, -0.25) is 0 Å². The monoisotopic (exact) mass is 221 g/mol. The Bertz CT molecular complexity index is 129. The van der Waals surface area contributed by atoms with Gasteiger partial charge in [0.1, 0.15) is 0 Å². The molecule has 4 heteroatoms. The molecule has 13 heavy (non-hydrogen) atoms. The van der Waals surface area contributed by atoms with Crippen molar-refractivity contribution in [3.63, 3.8) is 0 Å². The summed E-state index contributed by atoms with van der Waals surface area (Å²) >= 11 is 4.18. The quantitative estimate of drug-likeness (QED) is 0.758. The molecular weight excluding hydrogens is 202 g/mol. The van der Waals surface area contributed by atoms with Crippen molar-refractivity contribution >= 4 is 23.5 Å². The topological polar surface area (TPSA) is 21.3 Å². The van der Waals surface area contributed by atoms with Crippen molar-refractivity contribution in [2.45, 2.75) is 18.2 Å². The van der Waals surface area contributed by atoms with Crippen LogP contribution >= 0.6 is 23.5 Å². The lowest BCUT2D eigenvalue weighted by molar-refractivity contribution is 0.172. The van der Waals surface area contributed by atoms with Gasteiger partial charge in [-0.2, -0.15) is 23.5 Å². The molecule has 0 bridgehead atoms. The number of ether oxygens (including phenoxy) is 1. The van der Waals surface area contributed by atoms with E-state index in [4.69, 9.17) is 4.74 Å². The van der Waals surface area contributed by atoms with Gasteiger partial charge in [-0.1, -0.05) is 0 Å². The minimum atomic E-state index is 0.484. The van der Waals surface area contributed by atoms with E-state index in [1.165, 1.54) is 17.3 Å². The number of methoxy groups -OCH3 is 1. The first-order chi connectivity index (χ1) is 6.33. The summed E-state index contributed by atoms with van der Waals surface area (Å²) in [6.07, 6.45) is 0. The van der Waals surface area contributed by atoms with E-state index >= 15 is 0 Å². The van der Waals surface area contributed by atoms with Crippen LogP contribution in [-0.4, -0.2) is 48.8 Å². The fraction of sp³-hybridized carbons (Fsp3) is 1.00. The second kappa shape index (κ2) is 6.98. The highest BCUT2D eigenvalue weighted by atomic mass is 32.2. The van der Waals surface area contributed by atoms with Crippen LogP contribution in [-0.2, 0) is 4.74 Å². The standard InChI is InChI=1S/C9H19NOS2/c1-8(6-11-2)10-5-9-7-12-3-4-13-9/h8-10H,3-7H2,1-2H3. The molecule has 1 rings (SSSR count). The SMILES string of the molecule is COCC(C)NCC1CSCCS1. The van der Waals surface area contributed by atoms with E-state index in [-0.39, 0.29) is 0 Å². The fourth-order valence-corrected chi connectivity index (χ4v) is 3.92. The zero-order valence-electron chi connectivity index (χ0n) is 8.41. The Labute approximate surface area is 89.6 Å². The second-order valence-corrected chi connectivity index (χ2v) is 5.89. The highest BCUT2D eigenvalue weighted by Gasteiger charge is 2.14. The highest BCUT2D eigenvalue weighted by molar-refractivity contribution is 8.06. The van der Waals surface area contributed by atoms with E-state index in [9.17, 15) is 0 Å². The first-order valence-corrected chi connectivity index (χ1v) is 6.95. The van der Waals surface area contributed by atoms with Crippen molar-refractivity contribution in [3.8, 4) is 0 Å². The maximum Gasteiger partial charge on any atom is 0.0613 e. The van der Waals surface area contributed by atoms with E-state index < -0.39 is 0 Å². The maximum absolute atomic E-state index is 5.07. The second-order valence-electron chi connectivity index (χ2n) is 3.33. The molecule has 1 saturated heterocycles. The Morgan fingerprint density at radius 3 is 3.00 bits per heavy atom. The summed E-state index contributed by atoms with van der Waals surface area (Å²) in [6, 6.07) is 0.484. The van der Waals surface area contributed by atoms with Crippen molar-refractivity contribution in [1.29, 1.82) is 0 Å². The molecule has 0 saturated carbocycles. The fourth-order valence-electron chi connectivity index (χ4n) is 1.30. The van der Waals surface area contributed by atoms with Gasteiger partial charge in [0.2, 0.25) is 0 Å². The number of thioether (sulfide) groups is 2. The van der Waals surface area contributed by atoms with E-state index in [0.717, 1.165) is 18.4 Å². The molecule has 1 N–H and O–H groups in total. The van der Waals surface area contributed by atoms with Crippen molar-refractivity contribution in [2.75, 3.05) is 37.5 Å². The molecular formula is C9H19NOS2. The third-order valence-corrected chi connectivity index (χ3v) is 4.84. The van der Waals surface area contributed by atoms with Crippen LogP contribution in [0.1, 0.15) is 6.92 Å². The van der Waals surface area contributed by atoms with Crippen LogP contribution in [0.5, 0.6) is 0 Å². The Kier molecular flexibility index (Phi) is 6.28. The van der Waals surface area contributed by atoms with E-state index in [0.29, 0.717) is 6.04 Å². The predicted molar refractivity (Wildman–Crippen MR) is 62.9 cm³/mol. The summed E-state index contributed by atoms with van der Waals surface area (Å²) in [5.41, 5.74) is 0. The Morgan fingerprint density at radius 2 is 2.38 bits per heavy atom. The average molecular weight is 221 g/mol. The van der Waals surface area contributed by atoms with E-state index in [1.807, 2.05) is 0 Å². The van der Waals surface area contributed by atoms with Gasteiger partial charge in [0.25, 0.3) is 0 Å². The van der Waals surface area contributed by atoms with Crippen LogP contribution in [0.3, 0.4) is 0 Å². The summed E-state index contributed by atoms with van der Waals surface area (Å²) in [4.78, 5) is 0. The highest BCUT2D eigenvalue weighted by Crippen LogP contribution is 2.23.